The molecule has 13 nitrogen and oxygen atoms in total. The number of hydrogen-bond donors (Lipinski definition) is 2. The molecule has 2 unspecified atom stereocenters. The molecule has 2 aromatic carbocycles. The van der Waals surface area contributed by atoms with Gasteiger partial charge >= 0.3 is 6.09 Å². The first-order valence-corrected chi connectivity index (χ1v) is 21.4. The lowest BCUT2D eigenvalue weighted by Crippen LogP contribution is -2.60. The fourth-order valence-corrected chi connectivity index (χ4v) is 10.5. The summed E-state index contributed by atoms with van der Waals surface area (Å²) >= 11 is 6.63. The van der Waals surface area contributed by atoms with Crippen LogP contribution in [0, 0.1) is 30.0 Å². The van der Waals surface area contributed by atoms with Crippen molar-refractivity contribution in [3.63, 3.8) is 0 Å². The third-order valence-electron chi connectivity index (χ3n) is 12.5. The van der Waals surface area contributed by atoms with E-state index in [1.165, 1.54) is 10.6 Å². The van der Waals surface area contributed by atoms with Crippen LogP contribution in [-0.4, -0.2) is 73.7 Å². The number of halogens is 2. The summed E-state index contributed by atoms with van der Waals surface area (Å²) in [6.07, 6.45) is 4.89. The molecule has 2 bridgehead atoms. The topological polar surface area (TPSA) is 159 Å². The number of ether oxygens (including phenoxy) is 1. The molecular formula is C41H44ClFN8O5S. The number of piperidine rings is 1. The molecule has 3 aliphatic rings. The molecule has 0 radical (unpaired) electrons. The first-order chi connectivity index (χ1) is 26.9. The van der Waals surface area contributed by atoms with Crippen molar-refractivity contribution in [2.24, 2.45) is 30.0 Å². The number of aryl methyl sites for hydroxylation is 2. The zero-order valence-corrected chi connectivity index (χ0v) is 34.1. The fraction of sp³-hybridized carbons (Fsp3) is 0.415. The van der Waals surface area contributed by atoms with E-state index in [1.807, 2.05) is 45.9 Å². The van der Waals surface area contributed by atoms with Crippen molar-refractivity contribution in [1.29, 1.82) is 0 Å². The lowest BCUT2D eigenvalue weighted by molar-refractivity contribution is -0.0359. The van der Waals surface area contributed by atoms with Crippen molar-refractivity contribution < 1.29 is 27.1 Å². The number of carbonyl (C=O) groups excluding carboxylic acids is 2. The number of likely N-dealkylation sites (tertiary alicyclic amines) is 1. The average molecular weight is 815 g/mol. The minimum Gasteiger partial charge on any atom is -0.443 e. The molecule has 6 aromatic rings. The van der Waals surface area contributed by atoms with E-state index in [0.29, 0.717) is 46.1 Å². The van der Waals surface area contributed by atoms with E-state index in [4.69, 9.17) is 27.2 Å². The summed E-state index contributed by atoms with van der Waals surface area (Å²) in [6, 6.07) is 13.2. The largest absolute Gasteiger partial charge is 0.443 e. The number of amides is 2. The van der Waals surface area contributed by atoms with E-state index >= 15 is 4.39 Å². The quantitative estimate of drug-likeness (QED) is 0.161. The van der Waals surface area contributed by atoms with Gasteiger partial charge in [-0.1, -0.05) is 50.6 Å². The molecule has 9 rings (SSSR count). The molecule has 0 spiro atoms. The number of sulfonamides is 1. The number of carbonyl (C=O) groups is 2. The van der Waals surface area contributed by atoms with Crippen molar-refractivity contribution in [3.8, 4) is 22.5 Å². The summed E-state index contributed by atoms with van der Waals surface area (Å²) in [5.41, 5.74) is 10.1. The molecule has 1 saturated heterocycles. The number of aromatic nitrogens is 5. The van der Waals surface area contributed by atoms with Gasteiger partial charge in [-0.05, 0) is 73.8 Å². The Morgan fingerprint density at radius 2 is 1.84 bits per heavy atom. The number of benzene rings is 2. The normalized spacial score (nSPS) is 21.0. The average Bonchev–Trinajstić information content (AvgIpc) is 3.32. The van der Waals surface area contributed by atoms with Crippen molar-refractivity contribution in [3.05, 3.63) is 70.6 Å². The van der Waals surface area contributed by atoms with Gasteiger partial charge in [-0.2, -0.15) is 10.2 Å². The Hall–Kier alpha value is -5.15. The van der Waals surface area contributed by atoms with E-state index in [2.05, 4.69) is 26.5 Å². The maximum absolute atomic E-state index is 16.3. The van der Waals surface area contributed by atoms with Gasteiger partial charge in [0, 0.05) is 54.3 Å². The van der Waals surface area contributed by atoms with Gasteiger partial charge in [0.1, 0.15) is 23.1 Å². The second-order valence-electron chi connectivity index (χ2n) is 17.1. The number of pyridine rings is 1. The second-order valence-corrected chi connectivity index (χ2v) is 19.3. The number of nitrogens with zero attached hydrogens (tertiary/aromatic N) is 6. The molecule has 57 heavy (non-hydrogen) atoms. The minimum atomic E-state index is -3.61. The first kappa shape index (κ1) is 37.4. The van der Waals surface area contributed by atoms with Gasteiger partial charge in [-0.3, -0.25) is 14.2 Å². The van der Waals surface area contributed by atoms with Crippen LogP contribution in [0.1, 0.15) is 62.4 Å². The molecule has 5 heterocycles. The summed E-state index contributed by atoms with van der Waals surface area (Å²) in [7, 11) is -1.86. The maximum atomic E-state index is 16.3. The number of primary amides is 1. The van der Waals surface area contributed by atoms with Crippen LogP contribution in [0.2, 0.25) is 5.02 Å². The maximum Gasteiger partial charge on any atom is 0.404 e. The molecule has 2 amide bonds. The molecule has 3 fully saturated rings. The van der Waals surface area contributed by atoms with Crippen molar-refractivity contribution in [2.45, 2.75) is 71.6 Å². The van der Waals surface area contributed by atoms with Crippen molar-refractivity contribution >= 4 is 66.8 Å². The third kappa shape index (κ3) is 5.86. The van der Waals surface area contributed by atoms with Crippen LogP contribution in [0.5, 0.6) is 0 Å². The Labute approximate surface area is 333 Å². The standard InChI is InChI=1S/C41H44ClFN8O5S/c1-21-33(45-51-20-26(15-29(43)34(21)51)38(52)50-19-25-13-14-41(50,40(2,3)4)36(25)56-39(44)53)31-17-24-10-9-23(16-30(24)49(31)18-22-7-8-22)27-11-12-28(42)32-35(27)48(5)46-37(32)47-57(6,54)55/h9-12,15-17,20,22,25,36H,7-8,13-14,18-19H2,1-6H3,(H2,44,53)(H,46,47)/t25?,36-,41?/m1/s1. The Bertz CT molecular complexity index is 2820. The minimum absolute atomic E-state index is 0.0640. The number of anilines is 1. The molecule has 3 N–H and O–H groups in total. The number of nitrogens with two attached hydrogens (primary N) is 1. The van der Waals surface area contributed by atoms with E-state index < -0.39 is 39.0 Å². The second kappa shape index (κ2) is 12.7. The SMILES string of the molecule is Cc1c(-c2cc3ccc(-c4ccc(Cl)c5c(NS(C)(=O)=O)nn(C)c45)cc3n2CC2CC2)nn2cc(C(=O)N3CC4CCC3(C(C)(C)C)[C@@H]4OC(N)=O)cc(F)c12. The molecule has 2 aliphatic carbocycles. The first-order valence-electron chi connectivity index (χ1n) is 19.1. The molecule has 298 valence electrons. The van der Waals surface area contributed by atoms with Gasteiger partial charge in [-0.25, -0.2) is 22.1 Å². The highest BCUT2D eigenvalue weighted by Gasteiger charge is 2.66. The van der Waals surface area contributed by atoms with E-state index in [-0.39, 0.29) is 28.7 Å². The zero-order valence-electron chi connectivity index (χ0n) is 32.6. The van der Waals surface area contributed by atoms with E-state index in [0.717, 1.165) is 59.8 Å². The molecule has 3 atom stereocenters. The van der Waals surface area contributed by atoms with Crippen molar-refractivity contribution in [1.82, 2.24) is 28.9 Å². The van der Waals surface area contributed by atoms with Crippen LogP contribution >= 0.6 is 11.6 Å². The third-order valence-corrected chi connectivity index (χ3v) is 13.3. The smallest absolute Gasteiger partial charge is 0.404 e. The van der Waals surface area contributed by atoms with Gasteiger partial charge in [0.15, 0.2) is 5.82 Å². The summed E-state index contributed by atoms with van der Waals surface area (Å²) < 4.78 is 54.1. The number of hydrogen-bond acceptors (Lipinski definition) is 7. The molecule has 1 aliphatic heterocycles. The monoisotopic (exact) mass is 814 g/mol. The van der Waals surface area contributed by atoms with E-state index in [1.54, 1.807) is 28.9 Å². The van der Waals surface area contributed by atoms with Gasteiger partial charge in [0.25, 0.3) is 5.91 Å². The Balaban J connectivity index is 1.14. The predicted molar refractivity (Wildman–Crippen MR) is 217 cm³/mol. The van der Waals surface area contributed by atoms with Crippen LogP contribution in [-0.2, 0) is 28.4 Å². The van der Waals surface area contributed by atoms with Crippen LogP contribution in [0.15, 0.2) is 48.7 Å². The van der Waals surface area contributed by atoms with Crippen LogP contribution in [0.25, 0.3) is 49.8 Å². The molecule has 2 saturated carbocycles. The van der Waals surface area contributed by atoms with Crippen molar-refractivity contribution in [2.75, 3.05) is 17.5 Å². The molecule has 4 aromatic heterocycles. The molecular weight excluding hydrogens is 771 g/mol. The zero-order chi connectivity index (χ0) is 40.5. The Morgan fingerprint density at radius 1 is 1.09 bits per heavy atom. The van der Waals surface area contributed by atoms with Gasteiger partial charge in [0.2, 0.25) is 10.0 Å². The Morgan fingerprint density at radius 3 is 2.53 bits per heavy atom. The van der Waals surface area contributed by atoms with Crippen LogP contribution in [0.4, 0.5) is 15.0 Å². The van der Waals surface area contributed by atoms with E-state index in [9.17, 15) is 18.0 Å². The number of rotatable bonds is 8. The highest BCUT2D eigenvalue weighted by atomic mass is 35.5. The summed E-state index contributed by atoms with van der Waals surface area (Å²) in [4.78, 5) is 28.1. The van der Waals surface area contributed by atoms with Crippen LogP contribution < -0.4 is 10.5 Å². The Kier molecular flexibility index (Phi) is 8.32. The van der Waals surface area contributed by atoms with Gasteiger partial charge in [0.05, 0.1) is 39.0 Å². The summed E-state index contributed by atoms with van der Waals surface area (Å²) in [6.45, 7) is 9.05. The lowest BCUT2D eigenvalue weighted by Gasteiger charge is -2.49. The van der Waals surface area contributed by atoms with Gasteiger partial charge in [-0.15, -0.1) is 0 Å². The lowest BCUT2D eigenvalue weighted by atomic mass is 9.70. The van der Waals surface area contributed by atoms with Gasteiger partial charge < -0.3 is 19.9 Å². The molecule has 16 heteroatoms. The summed E-state index contributed by atoms with van der Waals surface area (Å²) in [5.74, 6) is -0.329. The summed E-state index contributed by atoms with van der Waals surface area (Å²) in [5, 5.41) is 11.3. The predicted octanol–water partition coefficient (Wildman–Crippen LogP) is 7.51. The van der Waals surface area contributed by atoms with Crippen LogP contribution in [0.3, 0.4) is 0 Å². The highest BCUT2D eigenvalue weighted by molar-refractivity contribution is 7.92. The fourth-order valence-electron chi connectivity index (χ4n) is 9.77. The number of fused-ring (bicyclic) bond motifs is 5. The highest BCUT2D eigenvalue weighted by Crippen LogP contribution is 2.57. The number of nitrogens with one attached hydrogen (secondary N) is 1.